The predicted octanol–water partition coefficient (Wildman–Crippen LogP) is 4.86. The molecule has 27 heavy (non-hydrogen) atoms. The molecule has 1 atom stereocenters. The number of nitrogens with zero attached hydrogens (tertiary/aromatic N) is 2. The monoisotopic (exact) mass is 400 g/mol. The molecule has 0 aliphatic carbocycles. The molecule has 1 aromatic heterocycles. The van der Waals surface area contributed by atoms with E-state index in [0.29, 0.717) is 23.8 Å². The first kappa shape index (κ1) is 20.9. The van der Waals surface area contributed by atoms with Gasteiger partial charge >= 0.3 is 5.97 Å². The van der Waals surface area contributed by atoms with Gasteiger partial charge in [-0.05, 0) is 6.42 Å². The van der Waals surface area contributed by atoms with E-state index >= 15 is 0 Å². The number of hydrogen-bond donors (Lipinski definition) is 1. The molecule has 0 fully saturated rings. The van der Waals surface area contributed by atoms with Crippen LogP contribution in [0.1, 0.15) is 39.5 Å². The first-order valence-corrected chi connectivity index (χ1v) is 9.23. The summed E-state index contributed by atoms with van der Waals surface area (Å²) < 4.78 is 41.1. The number of halogens is 3. The third-order valence-electron chi connectivity index (χ3n) is 3.86. The van der Waals surface area contributed by atoms with Gasteiger partial charge in [0.25, 0.3) is 0 Å². The number of fused-ring (bicyclic) bond motifs is 1. The molecule has 0 saturated heterocycles. The minimum absolute atomic E-state index is 0.0521. The molecule has 0 aliphatic heterocycles. The Morgan fingerprint density at radius 3 is 2.67 bits per heavy atom. The molecule has 0 bridgehead atoms. The van der Waals surface area contributed by atoms with E-state index in [-0.39, 0.29) is 16.3 Å². The Labute approximate surface area is 158 Å². The van der Waals surface area contributed by atoms with Gasteiger partial charge in [0.15, 0.2) is 16.8 Å². The Morgan fingerprint density at radius 1 is 1.33 bits per heavy atom. The van der Waals surface area contributed by atoms with Gasteiger partial charge in [0, 0.05) is 18.7 Å². The number of carboxylic acids is 1. The van der Waals surface area contributed by atoms with Crippen LogP contribution < -0.4 is 4.90 Å². The summed E-state index contributed by atoms with van der Waals surface area (Å²) in [6.45, 7) is 3.38. The number of hydrogen-bond acceptors (Lipinski definition) is 4. The fourth-order valence-corrected chi connectivity index (χ4v) is 3.25. The number of thiazole rings is 1. The number of rotatable bonds is 8. The van der Waals surface area contributed by atoms with Gasteiger partial charge in [-0.25, -0.2) is 18.2 Å². The van der Waals surface area contributed by atoms with E-state index in [1.54, 1.807) is 6.08 Å². The molecule has 0 radical (unpaired) electrons. The summed E-state index contributed by atoms with van der Waals surface area (Å²) in [5, 5.41) is 8.95. The molecule has 1 N–H and O–H groups in total. The van der Waals surface area contributed by atoms with E-state index in [0.717, 1.165) is 17.7 Å². The van der Waals surface area contributed by atoms with Crippen LogP contribution >= 0.6 is 11.3 Å². The number of anilines is 1. The van der Waals surface area contributed by atoms with Crippen molar-refractivity contribution < 1.29 is 27.9 Å². The molecule has 2 rings (SSSR count). The van der Waals surface area contributed by atoms with Gasteiger partial charge in [0.05, 0.1) is 10.6 Å². The zero-order valence-electron chi connectivity index (χ0n) is 14.8. The number of allylic oxidation sites excluding steroid dienone is 1. The normalized spacial score (nSPS) is 12.6. The largest absolute Gasteiger partial charge is 0.481 e. The fraction of sp³-hybridized carbons (Fsp3) is 0.389. The summed E-state index contributed by atoms with van der Waals surface area (Å²) >= 11 is 0.696. The minimum atomic E-state index is -1.37. The topological polar surface area (TPSA) is 70.5 Å². The Kier molecular flexibility index (Phi) is 6.95. The maximum atomic E-state index is 13.9. The van der Waals surface area contributed by atoms with Crippen molar-refractivity contribution in [1.29, 1.82) is 0 Å². The summed E-state index contributed by atoms with van der Waals surface area (Å²) in [4.78, 5) is 28.5. The summed E-state index contributed by atoms with van der Waals surface area (Å²) in [5.41, 5.74) is -0.501. The van der Waals surface area contributed by atoms with Crippen molar-refractivity contribution >= 4 is 38.6 Å². The molecule has 2 aromatic rings. The quantitative estimate of drug-likeness (QED) is 0.507. The highest BCUT2D eigenvalue weighted by Gasteiger charge is 2.25. The van der Waals surface area contributed by atoms with Gasteiger partial charge in [-0.2, -0.15) is 0 Å². The number of benzene rings is 1. The summed E-state index contributed by atoms with van der Waals surface area (Å²) in [5.74, 6) is -6.30. The van der Waals surface area contributed by atoms with Crippen molar-refractivity contribution in [2.45, 2.75) is 39.5 Å². The summed E-state index contributed by atoms with van der Waals surface area (Å²) in [6.07, 6.45) is 5.27. The van der Waals surface area contributed by atoms with Crippen LogP contribution in [0.25, 0.3) is 10.2 Å². The molecule has 0 spiro atoms. The van der Waals surface area contributed by atoms with E-state index in [4.69, 9.17) is 5.11 Å². The van der Waals surface area contributed by atoms with Crippen LogP contribution in [0.2, 0.25) is 0 Å². The average Bonchev–Trinajstić information content (AvgIpc) is 3.05. The van der Waals surface area contributed by atoms with Crippen LogP contribution in [-0.2, 0) is 9.59 Å². The van der Waals surface area contributed by atoms with E-state index in [1.165, 1.54) is 13.1 Å². The lowest BCUT2D eigenvalue weighted by Gasteiger charge is -2.16. The lowest BCUT2D eigenvalue weighted by molar-refractivity contribution is -0.142. The first-order chi connectivity index (χ1) is 12.8. The van der Waals surface area contributed by atoms with Crippen molar-refractivity contribution in [2.75, 3.05) is 4.90 Å². The number of aromatic nitrogens is 1. The van der Waals surface area contributed by atoms with Crippen molar-refractivity contribution in [2.24, 2.45) is 5.92 Å². The molecule has 1 aromatic carbocycles. The fourth-order valence-electron chi connectivity index (χ4n) is 2.28. The maximum absolute atomic E-state index is 13.9. The van der Waals surface area contributed by atoms with Gasteiger partial charge in [-0.3, -0.25) is 14.5 Å². The number of carbonyl (C=O) groups is 2. The molecule has 5 nitrogen and oxygen atoms in total. The summed E-state index contributed by atoms with van der Waals surface area (Å²) in [7, 11) is 0. The highest BCUT2D eigenvalue weighted by molar-refractivity contribution is 7.22. The molecule has 9 heteroatoms. The van der Waals surface area contributed by atoms with Crippen LogP contribution in [0.5, 0.6) is 0 Å². The number of aliphatic carboxylic acids is 1. The molecule has 1 heterocycles. The molecule has 0 aliphatic rings. The number of unbranched alkanes of at least 4 members (excludes halogenated alkanes) is 2. The van der Waals surface area contributed by atoms with Gasteiger partial charge < -0.3 is 5.11 Å². The highest BCUT2D eigenvalue weighted by Crippen LogP contribution is 2.34. The minimum Gasteiger partial charge on any atom is -0.481 e. The average molecular weight is 400 g/mol. The first-order valence-electron chi connectivity index (χ1n) is 8.41. The second kappa shape index (κ2) is 8.98. The van der Waals surface area contributed by atoms with Gasteiger partial charge in [-0.1, -0.05) is 44.1 Å². The van der Waals surface area contributed by atoms with Gasteiger partial charge in [0.1, 0.15) is 11.3 Å². The number of carboxylic acid groups (broad SMARTS) is 1. The predicted molar refractivity (Wildman–Crippen MR) is 97.1 cm³/mol. The van der Waals surface area contributed by atoms with E-state index in [9.17, 15) is 22.8 Å². The standard InChI is InChI=1S/C18H19F3N2O3S/c1-3-4-5-6-7-23(13(24)8-10(2)17(25)26)18-22-15-14(21)11(19)9-12(20)16(15)27-18/h6-7,9-10H,3-5,8H2,1-2H3,(H,25,26). The van der Waals surface area contributed by atoms with Crippen LogP contribution in [0.15, 0.2) is 18.3 Å². The Hall–Kier alpha value is -2.42. The molecule has 1 unspecified atom stereocenters. The second-order valence-corrected chi connectivity index (χ2v) is 7.04. The third kappa shape index (κ3) is 4.85. The van der Waals surface area contributed by atoms with Gasteiger partial charge in [0.2, 0.25) is 5.91 Å². The molecule has 146 valence electrons. The van der Waals surface area contributed by atoms with Crippen LogP contribution in [0.4, 0.5) is 18.3 Å². The van der Waals surface area contributed by atoms with Crippen LogP contribution in [0.3, 0.4) is 0 Å². The van der Waals surface area contributed by atoms with E-state index in [1.807, 2.05) is 6.92 Å². The van der Waals surface area contributed by atoms with Gasteiger partial charge in [-0.15, -0.1) is 0 Å². The zero-order chi connectivity index (χ0) is 20.1. The molecular weight excluding hydrogens is 381 g/mol. The third-order valence-corrected chi connectivity index (χ3v) is 4.92. The number of carbonyl (C=O) groups excluding carboxylic acids is 1. The van der Waals surface area contributed by atoms with Crippen LogP contribution in [0, 0.1) is 23.4 Å². The van der Waals surface area contributed by atoms with Crippen molar-refractivity contribution in [1.82, 2.24) is 4.98 Å². The smallest absolute Gasteiger partial charge is 0.306 e. The lowest BCUT2D eigenvalue weighted by atomic mass is 10.1. The second-order valence-electron chi connectivity index (χ2n) is 6.06. The SMILES string of the molecule is CCCCC=CN(C(=O)CC(C)C(=O)O)c1nc2c(F)c(F)cc(F)c2s1. The molecule has 1 amide bonds. The highest BCUT2D eigenvalue weighted by atomic mass is 32.1. The van der Waals surface area contributed by atoms with Crippen molar-refractivity contribution in [3.05, 3.63) is 35.8 Å². The Morgan fingerprint density at radius 2 is 2.04 bits per heavy atom. The Bertz CT molecular complexity index is 882. The Balaban J connectivity index is 2.43. The number of amides is 1. The van der Waals surface area contributed by atoms with Crippen molar-refractivity contribution in [3.63, 3.8) is 0 Å². The summed E-state index contributed by atoms with van der Waals surface area (Å²) in [6, 6.07) is 0.426. The molecule has 0 saturated carbocycles. The molecular formula is C18H19F3N2O3S. The lowest BCUT2D eigenvalue weighted by Crippen LogP contribution is -2.28. The van der Waals surface area contributed by atoms with Crippen LogP contribution in [-0.4, -0.2) is 22.0 Å². The maximum Gasteiger partial charge on any atom is 0.306 e. The zero-order valence-corrected chi connectivity index (χ0v) is 15.7. The van der Waals surface area contributed by atoms with Crippen molar-refractivity contribution in [3.8, 4) is 0 Å². The van der Waals surface area contributed by atoms with E-state index < -0.39 is 40.8 Å². The van der Waals surface area contributed by atoms with E-state index in [2.05, 4.69) is 4.98 Å².